The molecular formula is C25H36N4O10S. The summed E-state index contributed by atoms with van der Waals surface area (Å²) in [7, 11) is 1.32. The summed E-state index contributed by atoms with van der Waals surface area (Å²) in [5.41, 5.74) is 4.59. The Bertz CT molecular complexity index is 1230. The third kappa shape index (κ3) is 11.5. The zero-order valence-corrected chi connectivity index (χ0v) is 23.6. The highest BCUT2D eigenvalue weighted by molar-refractivity contribution is 7.91. The Balaban J connectivity index is 0.000000559. The third-order valence-corrected chi connectivity index (χ3v) is 7.87. The molecule has 0 spiro atoms. The number of carbonyl (C=O) groups is 4. The first-order valence-corrected chi connectivity index (χ1v) is 14.0. The molecule has 1 aliphatic rings. The second-order valence-corrected chi connectivity index (χ2v) is 11.5. The summed E-state index contributed by atoms with van der Waals surface area (Å²) in [6.45, 7) is 5.69. The van der Waals surface area contributed by atoms with Gasteiger partial charge in [0, 0.05) is 30.4 Å². The second kappa shape index (κ2) is 15.7. The zero-order chi connectivity index (χ0) is 30.6. The Morgan fingerprint density at radius 3 is 1.95 bits per heavy atom. The molecule has 40 heavy (non-hydrogen) atoms. The maximum absolute atomic E-state index is 11.8. The summed E-state index contributed by atoms with van der Waals surface area (Å²) in [6.07, 6.45) is 1.66. The average molecular weight is 585 g/mol. The van der Waals surface area contributed by atoms with E-state index >= 15 is 0 Å². The molecule has 3 rings (SSSR count). The largest absolute Gasteiger partial charge is 0.473 e. The first kappa shape index (κ1) is 34.2. The van der Waals surface area contributed by atoms with Crippen molar-refractivity contribution in [1.82, 2.24) is 20.0 Å². The summed E-state index contributed by atoms with van der Waals surface area (Å²) < 4.78 is 25.6. The van der Waals surface area contributed by atoms with Gasteiger partial charge in [0.2, 0.25) is 0 Å². The van der Waals surface area contributed by atoms with Crippen LogP contribution in [0.3, 0.4) is 0 Å². The molecule has 2 unspecified atom stereocenters. The molecule has 222 valence electrons. The van der Waals surface area contributed by atoms with Gasteiger partial charge in [0.05, 0.1) is 23.2 Å². The van der Waals surface area contributed by atoms with Crippen molar-refractivity contribution in [2.45, 2.75) is 45.3 Å². The predicted molar refractivity (Wildman–Crippen MR) is 144 cm³/mol. The molecule has 1 saturated heterocycles. The molecule has 1 aliphatic heterocycles. The van der Waals surface area contributed by atoms with E-state index in [0.29, 0.717) is 12.5 Å². The van der Waals surface area contributed by atoms with Crippen molar-refractivity contribution >= 4 is 33.7 Å². The zero-order valence-electron chi connectivity index (χ0n) is 22.8. The molecule has 5 N–H and O–H groups in total. The SMILES string of the molecule is Cc1nn(C2CCS(=O)(=O)C2)c(C)c1CNCC(Cc1ccccc1)N(C)C.O=C(O)C(=O)O.O=C(O)C(=O)O. The quantitative estimate of drug-likeness (QED) is 0.266. The molecule has 2 aromatic rings. The van der Waals surface area contributed by atoms with Crippen molar-refractivity contribution in [3.8, 4) is 0 Å². The number of carboxylic acids is 4. The van der Waals surface area contributed by atoms with Gasteiger partial charge < -0.3 is 30.6 Å². The van der Waals surface area contributed by atoms with E-state index in [9.17, 15) is 8.42 Å². The smallest absolute Gasteiger partial charge is 0.414 e. The van der Waals surface area contributed by atoms with Gasteiger partial charge in [-0.3, -0.25) is 4.68 Å². The number of carboxylic acid groups (broad SMARTS) is 4. The van der Waals surface area contributed by atoms with Crippen molar-refractivity contribution in [3.63, 3.8) is 0 Å². The summed E-state index contributed by atoms with van der Waals surface area (Å²) >= 11 is 0. The number of rotatable bonds is 8. The lowest BCUT2D eigenvalue weighted by Gasteiger charge is -2.25. The monoisotopic (exact) mass is 584 g/mol. The van der Waals surface area contributed by atoms with Crippen LogP contribution in [-0.2, 0) is 42.0 Å². The molecule has 2 heterocycles. The van der Waals surface area contributed by atoms with Crippen LogP contribution in [0, 0.1) is 13.8 Å². The number of aryl methyl sites for hydroxylation is 1. The highest BCUT2D eigenvalue weighted by Gasteiger charge is 2.31. The topological polar surface area (TPSA) is 216 Å². The van der Waals surface area contributed by atoms with Gasteiger partial charge in [-0.2, -0.15) is 5.10 Å². The van der Waals surface area contributed by atoms with E-state index in [2.05, 4.69) is 60.6 Å². The van der Waals surface area contributed by atoms with E-state index in [4.69, 9.17) is 39.6 Å². The third-order valence-electron chi connectivity index (χ3n) is 6.12. The van der Waals surface area contributed by atoms with Gasteiger partial charge in [-0.1, -0.05) is 30.3 Å². The maximum Gasteiger partial charge on any atom is 0.414 e. The normalized spacial score (nSPS) is 16.2. The fourth-order valence-corrected chi connectivity index (χ4v) is 5.66. The van der Waals surface area contributed by atoms with Crippen LogP contribution in [0.25, 0.3) is 0 Å². The molecule has 0 radical (unpaired) electrons. The minimum absolute atomic E-state index is 0.0231. The lowest BCUT2D eigenvalue weighted by atomic mass is 10.0. The first-order valence-electron chi connectivity index (χ1n) is 12.1. The molecule has 15 heteroatoms. The number of hydrogen-bond acceptors (Lipinski definition) is 9. The summed E-state index contributed by atoms with van der Waals surface area (Å²) in [4.78, 5) is 38.7. The molecule has 1 aromatic heterocycles. The van der Waals surface area contributed by atoms with E-state index in [-0.39, 0.29) is 17.5 Å². The van der Waals surface area contributed by atoms with Crippen LogP contribution in [0.5, 0.6) is 0 Å². The minimum atomic E-state index is -2.91. The highest BCUT2D eigenvalue weighted by atomic mass is 32.2. The van der Waals surface area contributed by atoms with Gasteiger partial charge in [0.1, 0.15) is 0 Å². The first-order chi connectivity index (χ1) is 18.6. The van der Waals surface area contributed by atoms with E-state index in [1.54, 1.807) is 0 Å². The van der Waals surface area contributed by atoms with Crippen LogP contribution in [-0.4, -0.2) is 106 Å². The number of benzene rings is 1. The van der Waals surface area contributed by atoms with Crippen molar-refractivity contribution < 1.29 is 48.0 Å². The van der Waals surface area contributed by atoms with Crippen molar-refractivity contribution in [3.05, 3.63) is 52.8 Å². The van der Waals surface area contributed by atoms with E-state index in [0.717, 1.165) is 30.9 Å². The van der Waals surface area contributed by atoms with Gasteiger partial charge >= 0.3 is 23.9 Å². The number of nitrogens with one attached hydrogen (secondary N) is 1. The van der Waals surface area contributed by atoms with E-state index in [1.165, 1.54) is 11.1 Å². The Hall–Kier alpha value is -3.82. The van der Waals surface area contributed by atoms with E-state index in [1.807, 2.05) is 17.7 Å². The van der Waals surface area contributed by atoms with Crippen molar-refractivity contribution in [2.75, 3.05) is 32.1 Å². The van der Waals surface area contributed by atoms with Crippen LogP contribution in [0.2, 0.25) is 0 Å². The lowest BCUT2D eigenvalue weighted by Crippen LogP contribution is -2.39. The molecule has 2 atom stereocenters. The summed E-state index contributed by atoms with van der Waals surface area (Å²) in [5.74, 6) is -6.81. The molecular weight excluding hydrogens is 548 g/mol. The molecule has 0 bridgehead atoms. The van der Waals surface area contributed by atoms with Crippen molar-refractivity contribution in [1.29, 1.82) is 0 Å². The lowest BCUT2D eigenvalue weighted by molar-refractivity contribution is -0.159. The Kier molecular flexibility index (Phi) is 13.4. The fourth-order valence-electron chi connectivity index (χ4n) is 3.96. The number of sulfone groups is 1. The molecule has 14 nitrogen and oxygen atoms in total. The Morgan fingerprint density at radius 1 is 1.00 bits per heavy atom. The van der Waals surface area contributed by atoms with Gasteiger partial charge in [-0.15, -0.1) is 0 Å². The van der Waals surface area contributed by atoms with Crippen LogP contribution in [0.4, 0.5) is 0 Å². The van der Waals surface area contributed by atoms with Gasteiger partial charge in [-0.05, 0) is 46.3 Å². The average Bonchev–Trinajstić information content (AvgIpc) is 3.37. The van der Waals surface area contributed by atoms with Crippen LogP contribution in [0.1, 0.15) is 35.0 Å². The minimum Gasteiger partial charge on any atom is -0.473 e. The van der Waals surface area contributed by atoms with Gasteiger partial charge in [0.25, 0.3) is 0 Å². The predicted octanol–water partition coefficient (Wildman–Crippen LogP) is 0.433. The van der Waals surface area contributed by atoms with Crippen LogP contribution in [0.15, 0.2) is 30.3 Å². The number of aliphatic carboxylic acids is 4. The second-order valence-electron chi connectivity index (χ2n) is 9.31. The number of aromatic nitrogens is 2. The standard InChI is InChI=1S/C21H32N4O2S.2C2H2O4/c1-16-21(17(2)25(23-16)19-10-11-28(26,27)15-19)14-22-13-20(24(3)4)12-18-8-6-5-7-9-18;2*3-1(4)2(5)6/h5-9,19-20,22H,10-15H2,1-4H3;2*(H,3,4)(H,5,6). The van der Waals surface area contributed by atoms with Gasteiger partial charge in [-0.25, -0.2) is 27.6 Å². The molecule has 1 aromatic carbocycles. The van der Waals surface area contributed by atoms with Gasteiger partial charge in [0.15, 0.2) is 9.84 Å². The molecule has 0 aliphatic carbocycles. The maximum atomic E-state index is 11.8. The summed E-state index contributed by atoms with van der Waals surface area (Å²) in [6, 6.07) is 10.9. The molecule has 0 amide bonds. The summed E-state index contributed by atoms with van der Waals surface area (Å²) in [5, 5.41) is 37.8. The van der Waals surface area contributed by atoms with Crippen LogP contribution >= 0.6 is 0 Å². The van der Waals surface area contributed by atoms with Crippen molar-refractivity contribution in [2.24, 2.45) is 0 Å². The van der Waals surface area contributed by atoms with E-state index < -0.39 is 33.7 Å². The number of hydrogen-bond donors (Lipinski definition) is 5. The Labute approximate surface area is 232 Å². The molecule has 0 saturated carbocycles. The number of likely N-dealkylation sites (N-methyl/N-ethyl adjacent to an activating group) is 1. The highest BCUT2D eigenvalue weighted by Crippen LogP contribution is 2.26. The van der Waals surface area contributed by atoms with Crippen LogP contribution < -0.4 is 5.32 Å². The fraction of sp³-hybridized carbons (Fsp3) is 0.480. The Morgan fingerprint density at radius 2 is 1.52 bits per heavy atom. The molecule has 1 fully saturated rings. The number of nitrogens with zero attached hydrogens (tertiary/aromatic N) is 3.